The van der Waals surface area contributed by atoms with Crippen LogP contribution in [-0.2, 0) is 14.8 Å². The number of nitrogens with zero attached hydrogens (tertiary/aromatic N) is 7. The van der Waals surface area contributed by atoms with E-state index in [0.717, 1.165) is 0 Å². The first-order valence-electron chi connectivity index (χ1n) is 10.7. The molecule has 188 valence electrons. The first-order valence-corrected chi connectivity index (χ1v) is 12.6. The molecule has 0 unspecified atom stereocenters. The molecule has 4 heterocycles. The standard InChI is InChI=1S/C20H25ClN8O5S/c1-11(16-22-7-14(21)8-23-16)12(2)35(30,31)28-20-27-26-17(13-5-6-34-9-13)29(20)15-18(32-3)24-10-25-19(15)33-4/h7-8,10-13H,5-6,9H2,1-4H3,(H,27,28)/t11-,12-,13-/m0/s1. The number of anilines is 1. The molecule has 0 aliphatic carbocycles. The van der Waals surface area contributed by atoms with Gasteiger partial charge in [-0.2, -0.15) is 9.97 Å². The van der Waals surface area contributed by atoms with Crippen molar-refractivity contribution in [3.8, 4) is 17.4 Å². The fourth-order valence-corrected chi connectivity index (χ4v) is 5.01. The van der Waals surface area contributed by atoms with Gasteiger partial charge >= 0.3 is 0 Å². The van der Waals surface area contributed by atoms with Crippen molar-refractivity contribution in [3.05, 3.63) is 35.4 Å². The van der Waals surface area contributed by atoms with Crippen molar-refractivity contribution in [2.45, 2.75) is 37.4 Å². The number of aromatic nitrogens is 7. The van der Waals surface area contributed by atoms with Gasteiger partial charge in [-0.05, 0) is 13.3 Å². The van der Waals surface area contributed by atoms with Crippen LogP contribution in [0.3, 0.4) is 0 Å². The van der Waals surface area contributed by atoms with Gasteiger partial charge in [-0.3, -0.25) is 9.29 Å². The first kappa shape index (κ1) is 25.0. The first-order chi connectivity index (χ1) is 16.8. The van der Waals surface area contributed by atoms with Crippen molar-refractivity contribution in [1.82, 2.24) is 34.7 Å². The van der Waals surface area contributed by atoms with Gasteiger partial charge in [0.2, 0.25) is 27.7 Å². The molecule has 35 heavy (non-hydrogen) atoms. The number of halogens is 1. The minimum absolute atomic E-state index is 0.0608. The van der Waals surface area contributed by atoms with Gasteiger partial charge in [0.15, 0.2) is 5.69 Å². The van der Waals surface area contributed by atoms with E-state index < -0.39 is 21.2 Å². The minimum Gasteiger partial charge on any atom is -0.479 e. The van der Waals surface area contributed by atoms with Crippen molar-refractivity contribution in [2.24, 2.45) is 0 Å². The number of rotatable bonds is 9. The number of nitrogens with one attached hydrogen (secondary N) is 1. The van der Waals surface area contributed by atoms with E-state index in [1.54, 1.807) is 13.8 Å². The summed E-state index contributed by atoms with van der Waals surface area (Å²) in [5.74, 6) is 0.392. The van der Waals surface area contributed by atoms with Crippen LogP contribution >= 0.6 is 11.6 Å². The van der Waals surface area contributed by atoms with E-state index >= 15 is 0 Å². The zero-order valence-corrected chi connectivity index (χ0v) is 21.1. The second-order valence-corrected chi connectivity index (χ2v) is 10.4. The summed E-state index contributed by atoms with van der Waals surface area (Å²) in [5, 5.41) is 7.86. The Labute approximate surface area is 207 Å². The molecule has 0 spiro atoms. The molecule has 1 N–H and O–H groups in total. The molecule has 0 saturated carbocycles. The second-order valence-electron chi connectivity index (χ2n) is 7.92. The Balaban J connectivity index is 1.76. The Morgan fingerprint density at radius 1 is 1.11 bits per heavy atom. The van der Waals surface area contributed by atoms with Gasteiger partial charge < -0.3 is 14.2 Å². The van der Waals surface area contributed by atoms with Gasteiger partial charge in [-0.25, -0.2) is 18.4 Å². The topological polar surface area (TPSA) is 156 Å². The zero-order valence-electron chi connectivity index (χ0n) is 19.5. The van der Waals surface area contributed by atoms with Gasteiger partial charge in [-0.1, -0.05) is 18.5 Å². The third-order valence-corrected chi connectivity index (χ3v) is 7.87. The molecular formula is C20H25ClN8O5S. The molecule has 1 fully saturated rings. The molecule has 3 atom stereocenters. The number of hydrogen-bond donors (Lipinski definition) is 1. The lowest BCUT2D eigenvalue weighted by Gasteiger charge is -2.21. The van der Waals surface area contributed by atoms with Crippen molar-refractivity contribution in [1.29, 1.82) is 0 Å². The lowest BCUT2D eigenvalue weighted by atomic mass is 10.1. The van der Waals surface area contributed by atoms with E-state index in [1.807, 2.05) is 0 Å². The van der Waals surface area contributed by atoms with Crippen LogP contribution in [0.4, 0.5) is 5.95 Å². The number of hydrogen-bond acceptors (Lipinski definition) is 11. The molecule has 4 rings (SSSR count). The molecule has 15 heteroatoms. The largest absolute Gasteiger partial charge is 0.479 e. The SMILES string of the molecule is COc1ncnc(OC)c1-n1c(NS(=O)(=O)[C@@H](C)[C@H](C)c2ncc(Cl)cn2)nnc1[C@H]1CCOC1. The van der Waals surface area contributed by atoms with Crippen LogP contribution in [0.5, 0.6) is 11.8 Å². The Kier molecular flexibility index (Phi) is 7.33. The number of ether oxygens (including phenoxy) is 3. The highest BCUT2D eigenvalue weighted by Gasteiger charge is 2.34. The van der Waals surface area contributed by atoms with Crippen LogP contribution in [0.2, 0.25) is 5.02 Å². The highest BCUT2D eigenvalue weighted by Crippen LogP contribution is 2.36. The van der Waals surface area contributed by atoms with Gasteiger partial charge in [0, 0.05) is 30.8 Å². The van der Waals surface area contributed by atoms with E-state index in [0.29, 0.717) is 36.3 Å². The van der Waals surface area contributed by atoms with Crippen molar-refractivity contribution >= 4 is 27.6 Å². The molecule has 1 saturated heterocycles. The molecule has 0 radical (unpaired) electrons. The van der Waals surface area contributed by atoms with Crippen LogP contribution in [0.15, 0.2) is 18.7 Å². The van der Waals surface area contributed by atoms with Gasteiger partial charge in [-0.15, -0.1) is 10.2 Å². The van der Waals surface area contributed by atoms with Crippen LogP contribution in [0.25, 0.3) is 5.69 Å². The number of methoxy groups -OCH3 is 2. The molecule has 13 nitrogen and oxygen atoms in total. The fourth-order valence-electron chi connectivity index (χ4n) is 3.68. The van der Waals surface area contributed by atoms with Crippen molar-refractivity contribution in [2.75, 3.05) is 32.2 Å². The highest BCUT2D eigenvalue weighted by molar-refractivity contribution is 7.93. The third kappa shape index (κ3) is 4.99. The highest BCUT2D eigenvalue weighted by atomic mass is 35.5. The average Bonchev–Trinajstić information content (AvgIpc) is 3.52. The Morgan fingerprint density at radius 3 is 2.34 bits per heavy atom. The molecule has 0 amide bonds. The van der Waals surface area contributed by atoms with E-state index in [-0.39, 0.29) is 29.3 Å². The van der Waals surface area contributed by atoms with Crippen LogP contribution in [0, 0.1) is 0 Å². The summed E-state index contributed by atoms with van der Waals surface area (Å²) in [6, 6.07) is 0. The number of sulfonamides is 1. The molecule has 0 aromatic carbocycles. The molecule has 3 aromatic heterocycles. The maximum atomic E-state index is 13.4. The molecule has 0 bridgehead atoms. The molecule has 1 aliphatic rings. The zero-order chi connectivity index (χ0) is 25.2. The lowest BCUT2D eigenvalue weighted by molar-refractivity contribution is 0.193. The fraction of sp³-hybridized carbons (Fsp3) is 0.500. The second kappa shape index (κ2) is 10.3. The van der Waals surface area contributed by atoms with E-state index in [1.165, 1.54) is 37.5 Å². The van der Waals surface area contributed by atoms with Gasteiger partial charge in [0.25, 0.3) is 0 Å². The van der Waals surface area contributed by atoms with Crippen LogP contribution < -0.4 is 14.2 Å². The monoisotopic (exact) mass is 524 g/mol. The Hall–Kier alpha value is -3.10. The van der Waals surface area contributed by atoms with Crippen molar-refractivity contribution < 1.29 is 22.6 Å². The van der Waals surface area contributed by atoms with Crippen LogP contribution in [0.1, 0.15) is 43.8 Å². The smallest absolute Gasteiger partial charge is 0.245 e. The third-order valence-electron chi connectivity index (χ3n) is 5.82. The molecular weight excluding hydrogens is 500 g/mol. The summed E-state index contributed by atoms with van der Waals surface area (Å²) in [6.07, 6.45) is 4.82. The van der Waals surface area contributed by atoms with E-state index in [9.17, 15) is 8.42 Å². The predicted octanol–water partition coefficient (Wildman–Crippen LogP) is 1.96. The normalized spacial score (nSPS) is 17.7. The Morgan fingerprint density at radius 2 is 1.77 bits per heavy atom. The van der Waals surface area contributed by atoms with Crippen molar-refractivity contribution in [3.63, 3.8) is 0 Å². The maximum absolute atomic E-state index is 13.4. The summed E-state index contributed by atoms with van der Waals surface area (Å²) in [5.41, 5.74) is 0.267. The summed E-state index contributed by atoms with van der Waals surface area (Å²) < 4.78 is 47.3. The average molecular weight is 525 g/mol. The van der Waals surface area contributed by atoms with E-state index in [2.05, 4.69) is 34.9 Å². The summed E-state index contributed by atoms with van der Waals surface area (Å²) >= 11 is 5.86. The maximum Gasteiger partial charge on any atom is 0.245 e. The Bertz CT molecular complexity index is 1260. The predicted molar refractivity (Wildman–Crippen MR) is 126 cm³/mol. The minimum atomic E-state index is -3.99. The lowest BCUT2D eigenvalue weighted by Crippen LogP contribution is -2.31. The van der Waals surface area contributed by atoms with E-state index in [4.69, 9.17) is 25.8 Å². The van der Waals surface area contributed by atoms with Gasteiger partial charge in [0.05, 0.1) is 31.1 Å². The summed E-state index contributed by atoms with van der Waals surface area (Å²) in [4.78, 5) is 16.6. The molecule has 1 aliphatic heterocycles. The van der Waals surface area contributed by atoms with Crippen LogP contribution in [-0.4, -0.2) is 75.8 Å². The summed E-state index contributed by atoms with van der Waals surface area (Å²) in [6.45, 7) is 4.23. The summed E-state index contributed by atoms with van der Waals surface area (Å²) in [7, 11) is -1.11. The van der Waals surface area contributed by atoms with Gasteiger partial charge in [0.1, 0.15) is 18.0 Å². The quantitative estimate of drug-likeness (QED) is 0.436. The molecule has 3 aromatic rings.